The van der Waals surface area contributed by atoms with E-state index in [1.54, 1.807) is 40.7 Å². The lowest BCUT2D eigenvalue weighted by Crippen LogP contribution is -2.68. The maximum Gasteiger partial charge on any atom is 0.339 e. The second-order valence-corrected chi connectivity index (χ2v) is 18.0. The van der Waals surface area contributed by atoms with Crippen LogP contribution in [0.4, 0.5) is 0 Å². The Kier molecular flexibility index (Phi) is 12.7. The minimum Gasteiger partial charge on any atom is -0.481 e. The van der Waals surface area contributed by atoms with E-state index < -0.39 is 76.0 Å². The largest absolute Gasteiger partial charge is 0.481 e. The van der Waals surface area contributed by atoms with E-state index in [1.165, 1.54) is 5.57 Å². The SMILES string of the molecule is C/C=C(\C)[C@@H](O)C(=O)O[C@@H]1C[C@@H](C(C)(C)O)[C@](C)(CCC(=O)O)[C@H]2[C@H](OC(=O)[C@H](O)[C@H](C)CC)C[C@]3(C)C(=CC[C@H]3[C@H]3CO[C@H](C=C(C)C)C3)[C@@]21C. The number of carbonyl (C=O) groups excluding carboxylic acids is 2. The molecule has 13 atom stereocenters. The van der Waals surface area contributed by atoms with Crippen molar-refractivity contribution in [3.05, 3.63) is 34.9 Å². The van der Waals surface area contributed by atoms with Crippen LogP contribution in [0.5, 0.6) is 0 Å². The number of aliphatic hydroxyl groups excluding tert-OH is 2. The molecule has 294 valence electrons. The zero-order valence-electron chi connectivity index (χ0n) is 33.4. The van der Waals surface area contributed by atoms with Gasteiger partial charge in [0.15, 0.2) is 12.2 Å². The molecular weight excluding hydrogens is 664 g/mol. The number of esters is 2. The molecule has 1 heterocycles. The number of ether oxygens (including phenoxy) is 3. The van der Waals surface area contributed by atoms with Gasteiger partial charge in [-0.05, 0) is 114 Å². The first-order valence-electron chi connectivity index (χ1n) is 19.4. The average Bonchev–Trinajstić information content (AvgIpc) is 3.65. The van der Waals surface area contributed by atoms with Crippen molar-refractivity contribution in [2.75, 3.05) is 6.61 Å². The Labute approximate surface area is 311 Å². The van der Waals surface area contributed by atoms with Gasteiger partial charge in [0, 0.05) is 17.8 Å². The summed E-state index contributed by atoms with van der Waals surface area (Å²) < 4.78 is 19.2. The topological polar surface area (TPSA) is 160 Å². The van der Waals surface area contributed by atoms with Crippen LogP contribution in [0, 0.1) is 45.8 Å². The fraction of sp³-hybridized carbons (Fsp3) is 0.786. The van der Waals surface area contributed by atoms with Crippen LogP contribution in [0.2, 0.25) is 0 Å². The molecule has 1 saturated heterocycles. The summed E-state index contributed by atoms with van der Waals surface area (Å²) >= 11 is 0. The summed E-state index contributed by atoms with van der Waals surface area (Å²) in [7, 11) is 0. The molecule has 0 aromatic carbocycles. The first kappa shape index (κ1) is 42.2. The van der Waals surface area contributed by atoms with Gasteiger partial charge in [-0.1, -0.05) is 70.4 Å². The molecule has 4 N–H and O–H groups in total. The van der Waals surface area contributed by atoms with Crippen molar-refractivity contribution < 1.29 is 49.0 Å². The van der Waals surface area contributed by atoms with E-state index in [1.807, 2.05) is 20.8 Å². The summed E-state index contributed by atoms with van der Waals surface area (Å²) in [6.45, 7) is 21.4. The predicted octanol–water partition coefficient (Wildman–Crippen LogP) is 6.56. The molecule has 2 saturated carbocycles. The molecule has 0 spiro atoms. The number of carboxylic acids is 1. The molecule has 1 aliphatic heterocycles. The Bertz CT molecular complexity index is 1440. The molecule has 4 aliphatic rings. The molecule has 0 amide bonds. The van der Waals surface area contributed by atoms with Gasteiger partial charge < -0.3 is 34.6 Å². The van der Waals surface area contributed by atoms with Gasteiger partial charge in [0.2, 0.25) is 0 Å². The van der Waals surface area contributed by atoms with Crippen molar-refractivity contribution in [1.82, 2.24) is 0 Å². The van der Waals surface area contributed by atoms with Crippen LogP contribution in [0.15, 0.2) is 34.9 Å². The summed E-state index contributed by atoms with van der Waals surface area (Å²) in [4.78, 5) is 39.9. The highest BCUT2D eigenvalue weighted by molar-refractivity contribution is 5.78. The smallest absolute Gasteiger partial charge is 0.339 e. The average molecular weight is 731 g/mol. The van der Waals surface area contributed by atoms with Gasteiger partial charge in [0.1, 0.15) is 12.2 Å². The van der Waals surface area contributed by atoms with Crippen LogP contribution in [-0.4, -0.2) is 81.1 Å². The summed E-state index contributed by atoms with van der Waals surface area (Å²) in [6, 6.07) is 0. The Morgan fingerprint density at radius 3 is 2.29 bits per heavy atom. The zero-order valence-corrected chi connectivity index (χ0v) is 33.4. The van der Waals surface area contributed by atoms with Crippen LogP contribution in [0.1, 0.15) is 121 Å². The maximum atomic E-state index is 13.9. The Hall–Kier alpha value is -2.53. The van der Waals surface area contributed by atoms with E-state index in [0.29, 0.717) is 25.0 Å². The maximum absolute atomic E-state index is 13.9. The van der Waals surface area contributed by atoms with Gasteiger partial charge in [-0.2, -0.15) is 0 Å². The second-order valence-electron chi connectivity index (χ2n) is 18.0. The third kappa shape index (κ3) is 7.82. The van der Waals surface area contributed by atoms with Crippen molar-refractivity contribution in [3.63, 3.8) is 0 Å². The summed E-state index contributed by atoms with van der Waals surface area (Å²) in [5.41, 5.74) is -1.11. The molecule has 0 bridgehead atoms. The van der Waals surface area contributed by atoms with Gasteiger partial charge in [0.25, 0.3) is 0 Å². The molecular formula is C42H66O10. The first-order valence-corrected chi connectivity index (χ1v) is 19.4. The molecule has 0 aromatic heterocycles. The van der Waals surface area contributed by atoms with E-state index in [2.05, 4.69) is 32.9 Å². The third-order valence-corrected chi connectivity index (χ3v) is 13.8. The van der Waals surface area contributed by atoms with E-state index >= 15 is 0 Å². The van der Waals surface area contributed by atoms with Crippen LogP contribution in [0.25, 0.3) is 0 Å². The molecule has 4 rings (SSSR count). The summed E-state index contributed by atoms with van der Waals surface area (Å²) in [6.07, 6.45) is 4.29. The highest BCUT2D eigenvalue weighted by Gasteiger charge is 2.71. The van der Waals surface area contributed by atoms with Crippen molar-refractivity contribution in [2.24, 2.45) is 45.8 Å². The minimum absolute atomic E-state index is 0.000430. The van der Waals surface area contributed by atoms with Gasteiger partial charge in [-0.15, -0.1) is 0 Å². The number of carbonyl (C=O) groups is 3. The van der Waals surface area contributed by atoms with Gasteiger partial charge in [0.05, 0.1) is 18.3 Å². The number of carboxylic acid groups (broad SMARTS) is 1. The van der Waals surface area contributed by atoms with E-state index in [9.17, 15) is 34.8 Å². The lowest BCUT2D eigenvalue weighted by molar-refractivity contribution is -0.241. The molecule has 0 radical (unpaired) electrons. The van der Waals surface area contributed by atoms with Crippen molar-refractivity contribution >= 4 is 17.9 Å². The third-order valence-electron chi connectivity index (χ3n) is 13.8. The van der Waals surface area contributed by atoms with E-state index in [-0.39, 0.29) is 43.1 Å². The summed E-state index contributed by atoms with van der Waals surface area (Å²) in [5.74, 6) is -3.77. The molecule has 0 aromatic rings. The lowest BCUT2D eigenvalue weighted by atomic mass is 9.39. The number of fused-ring (bicyclic) bond motifs is 3. The fourth-order valence-corrected chi connectivity index (χ4v) is 11.0. The number of allylic oxidation sites excluding steroid dienone is 3. The number of hydrogen-bond acceptors (Lipinski definition) is 9. The first-order chi connectivity index (χ1) is 24.1. The molecule has 3 aliphatic carbocycles. The highest BCUT2D eigenvalue weighted by atomic mass is 16.6. The van der Waals surface area contributed by atoms with Crippen molar-refractivity contribution in [3.8, 4) is 0 Å². The van der Waals surface area contributed by atoms with Crippen LogP contribution in [-0.2, 0) is 28.6 Å². The quantitative estimate of drug-likeness (QED) is 0.121. The predicted molar refractivity (Wildman–Crippen MR) is 198 cm³/mol. The Morgan fingerprint density at radius 2 is 1.73 bits per heavy atom. The van der Waals surface area contributed by atoms with Crippen LogP contribution < -0.4 is 0 Å². The lowest BCUT2D eigenvalue weighted by Gasteiger charge is -2.67. The molecule has 52 heavy (non-hydrogen) atoms. The molecule has 0 unspecified atom stereocenters. The zero-order chi connectivity index (χ0) is 39.1. The van der Waals surface area contributed by atoms with Gasteiger partial charge in [-0.25, -0.2) is 9.59 Å². The molecule has 3 fully saturated rings. The fourth-order valence-electron chi connectivity index (χ4n) is 11.0. The number of hydrogen-bond donors (Lipinski definition) is 4. The Morgan fingerprint density at radius 1 is 1.08 bits per heavy atom. The van der Waals surface area contributed by atoms with Gasteiger partial charge >= 0.3 is 17.9 Å². The highest BCUT2D eigenvalue weighted by Crippen LogP contribution is 2.72. The standard InChI is InChI=1S/C42H66O10/c1-12-24(5)34(45)37(47)51-29-21-41(10)28(26-19-27(50-22-26)18-23(3)4)14-15-30(41)42(11)32(52-38(48)35(46)25(6)13-2)20-31(39(7,8)49)40(9,36(29)42)17-16-33(43)44/h13,15,18,24,26-29,31-32,34-36,45-46,49H,12,14,16-17,19-22H2,1-11H3,(H,43,44)/b25-13+/t24-,26-,27-,28+,29-,31+,32-,34-,35-,36-,40+,41+,42-/m1/s1. The number of rotatable bonds is 13. The van der Waals surface area contributed by atoms with Gasteiger partial charge in [-0.3, -0.25) is 4.79 Å². The molecule has 10 heteroatoms. The van der Waals surface area contributed by atoms with Crippen molar-refractivity contribution in [2.45, 2.75) is 157 Å². The number of aliphatic carboxylic acids is 1. The van der Waals surface area contributed by atoms with Crippen LogP contribution >= 0.6 is 0 Å². The normalized spacial score (nSPS) is 37.9. The minimum atomic E-state index is -1.49. The summed E-state index contributed by atoms with van der Waals surface area (Å²) in [5, 5.41) is 44.0. The van der Waals surface area contributed by atoms with Crippen molar-refractivity contribution in [1.29, 1.82) is 0 Å². The number of aliphatic hydroxyl groups is 3. The monoisotopic (exact) mass is 730 g/mol. The van der Waals surface area contributed by atoms with Crippen LogP contribution in [0.3, 0.4) is 0 Å². The second kappa shape index (κ2) is 15.7. The van der Waals surface area contributed by atoms with E-state index in [0.717, 1.165) is 18.4 Å². The Balaban J connectivity index is 1.95. The molecule has 10 nitrogen and oxygen atoms in total. The van der Waals surface area contributed by atoms with E-state index in [4.69, 9.17) is 14.2 Å².